The number of rotatable bonds is 4. The first-order valence-electron chi connectivity index (χ1n) is 8.19. The molecule has 6 heteroatoms. The van der Waals surface area contributed by atoms with E-state index in [0.29, 0.717) is 5.02 Å². The molecular weight excluding hydrogens is 386 g/mol. The van der Waals surface area contributed by atoms with Crippen molar-refractivity contribution in [1.82, 2.24) is 4.98 Å². The fraction of sp³-hybridized carbons (Fsp3) is 0.200. The number of para-hydroxylation sites is 1. The van der Waals surface area contributed by atoms with E-state index in [-0.39, 0.29) is 11.7 Å². The van der Waals surface area contributed by atoms with Gasteiger partial charge in [-0.1, -0.05) is 47.6 Å². The molecule has 3 aromatic rings. The summed E-state index contributed by atoms with van der Waals surface area (Å²) in [5, 5.41) is 0.674. The first kappa shape index (κ1) is 17.6. The number of fused-ring (bicyclic) bond motifs is 1. The average Bonchev–Trinajstić information content (AvgIpc) is 3.17. The second-order valence-corrected chi connectivity index (χ2v) is 8.90. The predicted octanol–water partition coefficient (Wildman–Crippen LogP) is 6.04. The molecule has 2 heterocycles. The molecule has 1 aliphatic heterocycles. The van der Waals surface area contributed by atoms with Gasteiger partial charge in [-0.3, -0.25) is 4.79 Å². The maximum Gasteiger partial charge on any atom is 0.171 e. The molecule has 0 bridgehead atoms. The van der Waals surface area contributed by atoms with E-state index >= 15 is 0 Å². The second kappa shape index (κ2) is 7.06. The first-order valence-corrected chi connectivity index (χ1v) is 10.2. The summed E-state index contributed by atoms with van der Waals surface area (Å²) in [5.41, 5.74) is 2.01. The third-order valence-electron chi connectivity index (χ3n) is 4.34. The number of hydrogen-bond donors (Lipinski definition) is 0. The number of aromatic nitrogens is 1. The highest BCUT2D eigenvalue weighted by Crippen LogP contribution is 2.48. The van der Waals surface area contributed by atoms with E-state index in [2.05, 4.69) is 6.07 Å². The van der Waals surface area contributed by atoms with Gasteiger partial charge >= 0.3 is 0 Å². The van der Waals surface area contributed by atoms with Crippen LogP contribution in [0.2, 0.25) is 5.02 Å². The van der Waals surface area contributed by atoms with Crippen molar-refractivity contribution in [3.05, 3.63) is 69.8 Å². The van der Waals surface area contributed by atoms with E-state index in [1.165, 1.54) is 0 Å². The summed E-state index contributed by atoms with van der Waals surface area (Å²) >= 11 is 9.28. The number of thiazole rings is 1. The lowest BCUT2D eigenvalue weighted by atomic mass is 9.92. The molecule has 132 valence electrons. The molecule has 26 heavy (non-hydrogen) atoms. The van der Waals surface area contributed by atoms with Gasteiger partial charge in [-0.15, -0.1) is 11.3 Å². The largest absolute Gasteiger partial charge is 0.485 e. The number of nitrogens with zero attached hydrogens (tertiary/aromatic N) is 1. The molecule has 0 amide bonds. The van der Waals surface area contributed by atoms with Gasteiger partial charge in [-0.25, -0.2) is 4.98 Å². The fourth-order valence-electron chi connectivity index (χ4n) is 3.11. The minimum atomic E-state index is -0.506. The van der Waals surface area contributed by atoms with Crippen LogP contribution in [0.5, 0.6) is 0 Å². The average molecular weight is 402 g/mol. The van der Waals surface area contributed by atoms with Crippen molar-refractivity contribution in [3.63, 3.8) is 0 Å². The Balaban J connectivity index is 1.72. The molecule has 4 rings (SSSR count). The van der Waals surface area contributed by atoms with Crippen molar-refractivity contribution in [2.75, 3.05) is 0 Å². The van der Waals surface area contributed by atoms with Crippen LogP contribution in [-0.4, -0.2) is 16.9 Å². The van der Waals surface area contributed by atoms with Crippen molar-refractivity contribution in [3.8, 4) is 0 Å². The highest BCUT2D eigenvalue weighted by Gasteiger charge is 2.40. The zero-order chi connectivity index (χ0) is 18.3. The lowest BCUT2D eigenvalue weighted by Gasteiger charge is -2.19. The van der Waals surface area contributed by atoms with Gasteiger partial charge in [0.25, 0.3) is 0 Å². The summed E-state index contributed by atoms with van der Waals surface area (Å²) in [4.78, 5) is 17.9. The highest BCUT2D eigenvalue weighted by atomic mass is 35.5. The van der Waals surface area contributed by atoms with Crippen LogP contribution in [0, 0.1) is 0 Å². The molecular formula is C20H16ClNO2S2. The minimum Gasteiger partial charge on any atom is -0.485 e. The van der Waals surface area contributed by atoms with E-state index < -0.39 is 6.10 Å². The van der Waals surface area contributed by atoms with E-state index in [0.717, 1.165) is 30.8 Å². The number of hydrogen-bond acceptors (Lipinski definition) is 5. The van der Waals surface area contributed by atoms with Gasteiger partial charge in [0, 0.05) is 9.93 Å². The first-order chi connectivity index (χ1) is 12.5. The van der Waals surface area contributed by atoms with Gasteiger partial charge in [0.2, 0.25) is 0 Å². The Morgan fingerprint density at radius 1 is 1.19 bits per heavy atom. The van der Waals surface area contributed by atoms with Crippen LogP contribution in [0.1, 0.15) is 25.3 Å². The fourth-order valence-corrected chi connectivity index (χ4v) is 5.55. The minimum absolute atomic E-state index is 0.0178. The molecule has 0 saturated carbocycles. The number of thioether (sulfide) groups is 1. The number of benzene rings is 2. The van der Waals surface area contributed by atoms with Crippen molar-refractivity contribution in [2.45, 2.75) is 30.2 Å². The Kier molecular flexibility index (Phi) is 4.78. The van der Waals surface area contributed by atoms with Crippen LogP contribution < -0.4 is 0 Å². The summed E-state index contributed by atoms with van der Waals surface area (Å²) in [6, 6.07) is 15.7. The lowest BCUT2D eigenvalue weighted by molar-refractivity contribution is -0.125. The number of Topliss-reactive ketones (excluding diaryl/α,β-unsaturated/α-hetero) is 1. The van der Waals surface area contributed by atoms with Crippen LogP contribution in [0.3, 0.4) is 0 Å². The Bertz CT molecular complexity index is 977. The van der Waals surface area contributed by atoms with Crippen molar-refractivity contribution < 1.29 is 9.53 Å². The second-order valence-electron chi connectivity index (χ2n) is 6.15. The van der Waals surface area contributed by atoms with Crippen molar-refractivity contribution in [1.29, 1.82) is 0 Å². The van der Waals surface area contributed by atoms with Gasteiger partial charge in [0.15, 0.2) is 16.2 Å². The Hall–Kier alpha value is -1.82. The molecule has 2 aromatic carbocycles. The van der Waals surface area contributed by atoms with E-state index in [9.17, 15) is 4.79 Å². The van der Waals surface area contributed by atoms with Gasteiger partial charge in [-0.05, 0) is 43.7 Å². The summed E-state index contributed by atoms with van der Waals surface area (Å²) in [5.74, 6) is 0.667. The van der Waals surface area contributed by atoms with Gasteiger partial charge in [-0.2, -0.15) is 0 Å². The van der Waals surface area contributed by atoms with E-state index in [1.807, 2.05) is 49.4 Å². The van der Waals surface area contributed by atoms with E-state index in [1.54, 1.807) is 30.0 Å². The topological polar surface area (TPSA) is 39.2 Å². The molecule has 3 nitrogen and oxygen atoms in total. The number of ether oxygens (including phenoxy) is 1. The number of halogens is 1. The number of allylic oxidation sites excluding steroid dienone is 1. The lowest BCUT2D eigenvalue weighted by Crippen LogP contribution is -2.24. The molecule has 0 spiro atoms. The normalized spacial score (nSPS) is 19.8. The standard InChI is InChI=1S/C20H16ClNO2S2/c1-11(23)18-17(13-7-9-14(21)10-8-13)19(12(2)24-18)26-20-22-15-5-3-4-6-16(15)25-20/h3-10,17-18H,1-2H3/t17-,18-/m1/s1. The third-order valence-corrected chi connectivity index (χ3v) is 6.95. The molecule has 0 fully saturated rings. The smallest absolute Gasteiger partial charge is 0.171 e. The summed E-state index contributed by atoms with van der Waals surface area (Å²) in [6.45, 7) is 3.49. The van der Waals surface area contributed by atoms with Crippen LogP contribution in [0.15, 0.2) is 63.5 Å². The summed E-state index contributed by atoms with van der Waals surface area (Å²) < 4.78 is 8.03. The maximum absolute atomic E-state index is 12.2. The Morgan fingerprint density at radius 3 is 2.62 bits per heavy atom. The van der Waals surface area contributed by atoms with Gasteiger partial charge < -0.3 is 4.74 Å². The van der Waals surface area contributed by atoms with Gasteiger partial charge in [0.1, 0.15) is 5.76 Å². The molecule has 2 atom stereocenters. The molecule has 0 aliphatic carbocycles. The molecule has 0 unspecified atom stereocenters. The maximum atomic E-state index is 12.2. The number of carbonyl (C=O) groups excluding carboxylic acids is 1. The van der Waals surface area contributed by atoms with Gasteiger partial charge in [0.05, 0.1) is 16.1 Å². The Morgan fingerprint density at radius 2 is 1.92 bits per heavy atom. The zero-order valence-electron chi connectivity index (χ0n) is 14.2. The van der Waals surface area contributed by atoms with E-state index in [4.69, 9.17) is 21.3 Å². The zero-order valence-corrected chi connectivity index (χ0v) is 16.6. The summed E-state index contributed by atoms with van der Waals surface area (Å²) in [7, 11) is 0. The predicted molar refractivity (Wildman–Crippen MR) is 108 cm³/mol. The number of carbonyl (C=O) groups is 1. The summed E-state index contributed by atoms with van der Waals surface area (Å²) in [6.07, 6.45) is -0.506. The molecule has 0 saturated heterocycles. The van der Waals surface area contributed by atoms with Crippen molar-refractivity contribution >= 4 is 50.7 Å². The quantitative estimate of drug-likeness (QED) is 0.533. The number of ketones is 1. The van der Waals surface area contributed by atoms with Crippen LogP contribution in [0.4, 0.5) is 0 Å². The Labute approximate surface area is 165 Å². The SMILES string of the molecule is CC(=O)[C@H]1OC(C)=C(Sc2nc3ccccc3s2)[C@@H]1c1ccc(Cl)cc1. The molecule has 1 aromatic heterocycles. The highest BCUT2D eigenvalue weighted by molar-refractivity contribution is 8.04. The van der Waals surface area contributed by atoms with Crippen LogP contribution in [0.25, 0.3) is 10.2 Å². The third kappa shape index (κ3) is 3.27. The van der Waals surface area contributed by atoms with Crippen LogP contribution in [-0.2, 0) is 9.53 Å². The van der Waals surface area contributed by atoms with Crippen LogP contribution >= 0.6 is 34.7 Å². The molecule has 0 radical (unpaired) electrons. The molecule has 1 aliphatic rings. The van der Waals surface area contributed by atoms with Crippen molar-refractivity contribution in [2.24, 2.45) is 0 Å². The molecule has 0 N–H and O–H groups in total. The monoisotopic (exact) mass is 401 g/mol.